The molecule has 0 spiro atoms. The van der Waals surface area contributed by atoms with Crippen LogP contribution in [0.1, 0.15) is 18.4 Å². The number of rotatable bonds is 7. The first-order valence-electron chi connectivity index (χ1n) is 13.0. The maximum atomic E-state index is 13.4. The van der Waals surface area contributed by atoms with Crippen LogP contribution in [0.2, 0.25) is 0 Å². The lowest BCUT2D eigenvalue weighted by Crippen LogP contribution is -2.49. The van der Waals surface area contributed by atoms with Crippen LogP contribution in [0.3, 0.4) is 0 Å². The van der Waals surface area contributed by atoms with Crippen molar-refractivity contribution in [2.24, 2.45) is 0 Å². The molecule has 0 bridgehead atoms. The van der Waals surface area contributed by atoms with Crippen molar-refractivity contribution in [1.29, 1.82) is 0 Å². The number of nitrogens with zero attached hydrogens (tertiary/aromatic N) is 4. The number of hydrogen-bond acceptors (Lipinski definition) is 6. The smallest absolute Gasteiger partial charge is 0.380 e. The van der Waals surface area contributed by atoms with E-state index in [4.69, 9.17) is 4.74 Å². The van der Waals surface area contributed by atoms with Gasteiger partial charge in [-0.1, -0.05) is 23.9 Å². The standard InChI is InChI=1S/C27H35F3N4OS/c28-27(29,30)22-7-8-26-24(21-22)34(23-5-1-2-6-25(23)36-26)11-3-9-31-12-15-33(16-13-31)17-14-32-10-4-19-35-20-18-32/h1-2,5-8,21H,3-4,9-20H2. The lowest BCUT2D eigenvalue weighted by Gasteiger charge is -2.37. The van der Waals surface area contributed by atoms with Crippen LogP contribution < -0.4 is 4.90 Å². The molecule has 9 heteroatoms. The zero-order valence-corrected chi connectivity index (χ0v) is 21.5. The summed E-state index contributed by atoms with van der Waals surface area (Å²) in [6, 6.07) is 12.1. The van der Waals surface area contributed by atoms with Crippen LogP contribution in [-0.2, 0) is 10.9 Å². The minimum Gasteiger partial charge on any atom is -0.380 e. The topological polar surface area (TPSA) is 22.2 Å². The van der Waals surface area contributed by atoms with Crippen molar-refractivity contribution in [3.63, 3.8) is 0 Å². The predicted molar refractivity (Wildman–Crippen MR) is 138 cm³/mol. The summed E-state index contributed by atoms with van der Waals surface area (Å²) >= 11 is 1.55. The molecule has 5 rings (SSSR count). The second-order valence-corrected chi connectivity index (χ2v) is 10.8. The summed E-state index contributed by atoms with van der Waals surface area (Å²) in [7, 11) is 0. The molecular weight excluding hydrogens is 485 g/mol. The van der Waals surface area contributed by atoms with Crippen molar-refractivity contribution >= 4 is 23.1 Å². The Bertz CT molecular complexity index is 1000. The molecule has 2 aromatic carbocycles. The molecule has 0 aromatic heterocycles. The number of para-hydroxylation sites is 1. The van der Waals surface area contributed by atoms with E-state index in [2.05, 4.69) is 19.6 Å². The summed E-state index contributed by atoms with van der Waals surface area (Å²) in [4.78, 5) is 11.6. The molecule has 2 saturated heterocycles. The molecule has 0 aliphatic carbocycles. The highest BCUT2D eigenvalue weighted by Gasteiger charge is 2.33. The van der Waals surface area contributed by atoms with Gasteiger partial charge < -0.3 is 14.5 Å². The van der Waals surface area contributed by atoms with E-state index in [0.29, 0.717) is 12.2 Å². The van der Waals surface area contributed by atoms with Crippen molar-refractivity contribution in [2.75, 3.05) is 83.6 Å². The van der Waals surface area contributed by atoms with Crippen LogP contribution >= 0.6 is 11.8 Å². The zero-order valence-electron chi connectivity index (χ0n) is 20.7. The quantitative estimate of drug-likeness (QED) is 0.507. The first-order valence-corrected chi connectivity index (χ1v) is 13.8. The molecule has 196 valence electrons. The third-order valence-electron chi connectivity index (χ3n) is 7.32. The predicted octanol–water partition coefficient (Wildman–Crippen LogP) is 5.04. The number of ether oxygens (including phenoxy) is 1. The molecule has 3 aliphatic rings. The average molecular weight is 521 g/mol. The van der Waals surface area contributed by atoms with E-state index in [9.17, 15) is 13.2 Å². The van der Waals surface area contributed by atoms with Gasteiger partial charge in [0, 0.05) is 75.3 Å². The molecule has 2 aromatic rings. The number of fused-ring (bicyclic) bond motifs is 2. The fourth-order valence-corrected chi connectivity index (χ4v) is 6.32. The van der Waals surface area contributed by atoms with Gasteiger partial charge in [0.05, 0.1) is 23.5 Å². The van der Waals surface area contributed by atoms with Crippen LogP contribution in [0.15, 0.2) is 52.3 Å². The number of hydrogen-bond donors (Lipinski definition) is 0. The highest BCUT2D eigenvalue weighted by atomic mass is 32.2. The van der Waals surface area contributed by atoms with Crippen LogP contribution in [0.4, 0.5) is 24.5 Å². The van der Waals surface area contributed by atoms with E-state index < -0.39 is 11.7 Å². The maximum absolute atomic E-state index is 13.4. The first-order chi connectivity index (χ1) is 17.5. The van der Waals surface area contributed by atoms with Crippen LogP contribution in [0.5, 0.6) is 0 Å². The highest BCUT2D eigenvalue weighted by Crippen LogP contribution is 2.49. The van der Waals surface area contributed by atoms with E-state index in [1.807, 2.05) is 24.3 Å². The number of anilines is 2. The summed E-state index contributed by atoms with van der Waals surface area (Å²) in [5.41, 5.74) is 1.07. The zero-order chi connectivity index (χ0) is 25.0. The third-order valence-corrected chi connectivity index (χ3v) is 8.45. The van der Waals surface area contributed by atoms with Gasteiger partial charge in [-0.3, -0.25) is 9.80 Å². The van der Waals surface area contributed by atoms with Crippen molar-refractivity contribution in [2.45, 2.75) is 28.8 Å². The molecule has 3 heterocycles. The number of piperazine rings is 1. The molecule has 0 radical (unpaired) electrons. The summed E-state index contributed by atoms with van der Waals surface area (Å²) < 4.78 is 45.9. The first kappa shape index (κ1) is 25.9. The Morgan fingerprint density at radius 1 is 0.722 bits per heavy atom. The summed E-state index contributed by atoms with van der Waals surface area (Å²) in [5.74, 6) is 0. The lowest BCUT2D eigenvalue weighted by atomic mass is 10.1. The van der Waals surface area contributed by atoms with E-state index in [0.717, 1.165) is 100 Å². The second-order valence-electron chi connectivity index (χ2n) is 9.75. The Kier molecular flexibility index (Phi) is 8.42. The molecule has 0 saturated carbocycles. The molecule has 36 heavy (non-hydrogen) atoms. The molecule has 5 nitrogen and oxygen atoms in total. The molecule has 0 unspecified atom stereocenters. The maximum Gasteiger partial charge on any atom is 0.416 e. The molecule has 0 atom stereocenters. The van der Waals surface area contributed by atoms with Gasteiger partial charge in [0.15, 0.2) is 0 Å². The number of alkyl halides is 3. The summed E-state index contributed by atoms with van der Waals surface area (Å²) in [6.07, 6.45) is -2.32. The Hall–Kier alpha value is -1.78. The van der Waals surface area contributed by atoms with Gasteiger partial charge in [-0.05, 0) is 49.7 Å². The van der Waals surface area contributed by atoms with E-state index in [1.165, 1.54) is 12.1 Å². The van der Waals surface area contributed by atoms with E-state index in [-0.39, 0.29) is 0 Å². The summed E-state index contributed by atoms with van der Waals surface area (Å²) in [6.45, 7) is 12.0. The SMILES string of the molecule is FC(F)(F)c1ccc2c(c1)N(CCCN1CCN(CCN3CCCOCC3)CC1)c1ccccc1S2. The normalized spacial score (nSPS) is 20.1. The van der Waals surface area contributed by atoms with Gasteiger partial charge in [-0.15, -0.1) is 0 Å². The fraction of sp³-hybridized carbons (Fsp3) is 0.556. The minimum absolute atomic E-state index is 0.588. The number of halogens is 3. The highest BCUT2D eigenvalue weighted by molar-refractivity contribution is 7.99. The second kappa shape index (κ2) is 11.7. The molecule has 3 aliphatic heterocycles. The Labute approximate surface area is 216 Å². The Balaban J connectivity index is 1.14. The molecular formula is C27H35F3N4OS. The van der Waals surface area contributed by atoms with Crippen molar-refractivity contribution in [1.82, 2.24) is 14.7 Å². The van der Waals surface area contributed by atoms with E-state index >= 15 is 0 Å². The lowest BCUT2D eigenvalue weighted by molar-refractivity contribution is -0.137. The Morgan fingerprint density at radius 3 is 2.19 bits per heavy atom. The molecule has 0 amide bonds. The monoisotopic (exact) mass is 520 g/mol. The minimum atomic E-state index is -4.34. The van der Waals surface area contributed by atoms with Crippen LogP contribution in [0, 0.1) is 0 Å². The average Bonchev–Trinajstić information content (AvgIpc) is 3.16. The van der Waals surface area contributed by atoms with Crippen molar-refractivity contribution in [3.05, 3.63) is 48.0 Å². The third kappa shape index (κ3) is 6.37. The van der Waals surface area contributed by atoms with E-state index in [1.54, 1.807) is 17.8 Å². The van der Waals surface area contributed by atoms with Gasteiger partial charge in [-0.25, -0.2) is 0 Å². The van der Waals surface area contributed by atoms with Crippen LogP contribution in [0.25, 0.3) is 0 Å². The van der Waals surface area contributed by atoms with Crippen molar-refractivity contribution < 1.29 is 17.9 Å². The van der Waals surface area contributed by atoms with Gasteiger partial charge in [0.25, 0.3) is 0 Å². The number of benzene rings is 2. The molecule has 0 N–H and O–H groups in total. The molecule has 2 fully saturated rings. The Morgan fingerprint density at radius 2 is 1.42 bits per heavy atom. The van der Waals surface area contributed by atoms with Crippen LogP contribution in [-0.4, -0.2) is 93.4 Å². The van der Waals surface area contributed by atoms with Crippen molar-refractivity contribution in [3.8, 4) is 0 Å². The van der Waals surface area contributed by atoms with Gasteiger partial charge in [0.1, 0.15) is 0 Å². The van der Waals surface area contributed by atoms with Gasteiger partial charge in [-0.2, -0.15) is 13.2 Å². The summed E-state index contributed by atoms with van der Waals surface area (Å²) in [5, 5.41) is 0. The van der Waals surface area contributed by atoms with Gasteiger partial charge >= 0.3 is 6.18 Å². The largest absolute Gasteiger partial charge is 0.416 e. The van der Waals surface area contributed by atoms with Gasteiger partial charge in [0.2, 0.25) is 0 Å². The fourth-order valence-electron chi connectivity index (χ4n) is 5.24.